The first kappa shape index (κ1) is 22.2. The SMILES string of the molecule is CC1(CN)CCN(CC(=O)NCc2ccccc2COc2ccccc2)C1.Cl. The van der Waals surface area contributed by atoms with Gasteiger partial charge >= 0.3 is 0 Å². The van der Waals surface area contributed by atoms with Crippen LogP contribution < -0.4 is 15.8 Å². The number of ether oxygens (including phenoxy) is 1. The first-order valence-corrected chi connectivity index (χ1v) is 9.52. The van der Waals surface area contributed by atoms with Gasteiger partial charge < -0.3 is 15.8 Å². The van der Waals surface area contributed by atoms with E-state index in [0.29, 0.717) is 26.2 Å². The molecule has 3 rings (SSSR count). The van der Waals surface area contributed by atoms with E-state index in [2.05, 4.69) is 17.1 Å². The van der Waals surface area contributed by atoms with Crippen molar-refractivity contribution in [1.29, 1.82) is 0 Å². The first-order chi connectivity index (χ1) is 13.1. The van der Waals surface area contributed by atoms with Crippen molar-refractivity contribution in [2.75, 3.05) is 26.2 Å². The summed E-state index contributed by atoms with van der Waals surface area (Å²) in [5, 5.41) is 3.04. The zero-order valence-corrected chi connectivity index (χ0v) is 17.2. The molecule has 0 saturated carbocycles. The fourth-order valence-electron chi connectivity index (χ4n) is 3.43. The van der Waals surface area contributed by atoms with Crippen LogP contribution in [0.15, 0.2) is 54.6 Å². The van der Waals surface area contributed by atoms with Crippen LogP contribution in [0, 0.1) is 5.41 Å². The second kappa shape index (κ2) is 10.5. The number of nitrogens with zero attached hydrogens (tertiary/aromatic N) is 1. The summed E-state index contributed by atoms with van der Waals surface area (Å²) in [7, 11) is 0. The molecule has 1 unspecified atom stereocenters. The van der Waals surface area contributed by atoms with Gasteiger partial charge in [-0.2, -0.15) is 0 Å². The van der Waals surface area contributed by atoms with Gasteiger partial charge in [-0.1, -0.05) is 49.4 Å². The van der Waals surface area contributed by atoms with E-state index in [1.807, 2.05) is 54.6 Å². The smallest absolute Gasteiger partial charge is 0.234 e. The number of hydrogen-bond donors (Lipinski definition) is 2. The quantitative estimate of drug-likeness (QED) is 0.711. The van der Waals surface area contributed by atoms with Crippen LogP contribution in [-0.4, -0.2) is 37.0 Å². The number of halogens is 1. The minimum atomic E-state index is 0. The lowest BCUT2D eigenvalue weighted by Crippen LogP contribution is -2.38. The van der Waals surface area contributed by atoms with E-state index in [9.17, 15) is 4.79 Å². The highest BCUT2D eigenvalue weighted by atomic mass is 35.5. The molecule has 1 saturated heterocycles. The predicted octanol–water partition coefficient (Wildman–Crippen LogP) is 2.97. The van der Waals surface area contributed by atoms with Crippen LogP contribution >= 0.6 is 12.4 Å². The van der Waals surface area contributed by atoms with Gasteiger partial charge in [-0.3, -0.25) is 9.69 Å². The minimum absolute atomic E-state index is 0. The van der Waals surface area contributed by atoms with Crippen LogP contribution in [0.1, 0.15) is 24.5 Å². The second-order valence-corrected chi connectivity index (χ2v) is 7.62. The van der Waals surface area contributed by atoms with E-state index in [1.54, 1.807) is 0 Å². The summed E-state index contributed by atoms with van der Waals surface area (Å²) in [5.41, 5.74) is 8.15. The summed E-state index contributed by atoms with van der Waals surface area (Å²) in [6.45, 7) is 6.10. The number of benzene rings is 2. The van der Waals surface area contributed by atoms with Crippen LogP contribution in [0.25, 0.3) is 0 Å². The molecule has 5 nitrogen and oxygen atoms in total. The summed E-state index contributed by atoms with van der Waals surface area (Å²) in [5.74, 6) is 0.892. The highest BCUT2D eigenvalue weighted by molar-refractivity contribution is 5.85. The van der Waals surface area contributed by atoms with Gasteiger partial charge in [0.05, 0.1) is 6.54 Å². The van der Waals surface area contributed by atoms with Crippen molar-refractivity contribution in [3.05, 3.63) is 65.7 Å². The van der Waals surface area contributed by atoms with E-state index in [-0.39, 0.29) is 23.7 Å². The van der Waals surface area contributed by atoms with Crippen molar-refractivity contribution >= 4 is 18.3 Å². The van der Waals surface area contributed by atoms with E-state index in [1.165, 1.54) is 0 Å². The Morgan fingerprint density at radius 3 is 2.50 bits per heavy atom. The van der Waals surface area contributed by atoms with Crippen molar-refractivity contribution in [2.45, 2.75) is 26.5 Å². The second-order valence-electron chi connectivity index (χ2n) is 7.62. The average Bonchev–Trinajstić information content (AvgIpc) is 3.07. The zero-order valence-electron chi connectivity index (χ0n) is 16.4. The van der Waals surface area contributed by atoms with Gasteiger partial charge in [0.25, 0.3) is 0 Å². The van der Waals surface area contributed by atoms with Crippen LogP contribution in [0.4, 0.5) is 0 Å². The Labute approximate surface area is 173 Å². The molecule has 1 atom stereocenters. The number of rotatable bonds is 8. The van der Waals surface area contributed by atoms with Gasteiger partial charge in [-0.25, -0.2) is 0 Å². The highest BCUT2D eigenvalue weighted by Crippen LogP contribution is 2.28. The van der Waals surface area contributed by atoms with Crippen LogP contribution in [0.3, 0.4) is 0 Å². The summed E-state index contributed by atoms with van der Waals surface area (Å²) in [6.07, 6.45) is 1.05. The lowest BCUT2D eigenvalue weighted by Gasteiger charge is -2.22. The fraction of sp³-hybridized carbons (Fsp3) is 0.409. The number of likely N-dealkylation sites (tertiary alicyclic amines) is 1. The molecule has 3 N–H and O–H groups in total. The molecule has 152 valence electrons. The molecular weight excluding hydrogens is 374 g/mol. The van der Waals surface area contributed by atoms with E-state index >= 15 is 0 Å². The Morgan fingerprint density at radius 2 is 1.82 bits per heavy atom. The monoisotopic (exact) mass is 403 g/mol. The minimum Gasteiger partial charge on any atom is -0.489 e. The summed E-state index contributed by atoms with van der Waals surface area (Å²) in [6, 6.07) is 17.8. The van der Waals surface area contributed by atoms with Crippen molar-refractivity contribution < 1.29 is 9.53 Å². The molecule has 1 aliphatic heterocycles. The van der Waals surface area contributed by atoms with E-state index in [0.717, 1.165) is 36.4 Å². The molecule has 2 aromatic carbocycles. The molecule has 6 heteroatoms. The number of nitrogens with one attached hydrogen (secondary N) is 1. The Balaban J connectivity index is 0.00000280. The maximum absolute atomic E-state index is 12.3. The first-order valence-electron chi connectivity index (χ1n) is 9.52. The number of carbonyl (C=O) groups is 1. The number of carbonyl (C=O) groups excluding carboxylic acids is 1. The lowest BCUT2D eigenvalue weighted by atomic mass is 9.90. The van der Waals surface area contributed by atoms with Crippen molar-refractivity contribution in [3.63, 3.8) is 0 Å². The van der Waals surface area contributed by atoms with Gasteiger partial charge in [0.1, 0.15) is 12.4 Å². The summed E-state index contributed by atoms with van der Waals surface area (Å²) >= 11 is 0. The number of amides is 1. The number of nitrogens with two attached hydrogens (primary N) is 1. The third kappa shape index (κ3) is 6.23. The Morgan fingerprint density at radius 1 is 1.14 bits per heavy atom. The Bertz CT molecular complexity index is 756. The summed E-state index contributed by atoms with van der Waals surface area (Å²) < 4.78 is 5.85. The van der Waals surface area contributed by atoms with Crippen molar-refractivity contribution in [1.82, 2.24) is 10.2 Å². The molecule has 0 bridgehead atoms. The Hall–Kier alpha value is -2.08. The van der Waals surface area contributed by atoms with Crippen LogP contribution in [0.2, 0.25) is 0 Å². The molecule has 1 aliphatic rings. The molecule has 1 heterocycles. The van der Waals surface area contributed by atoms with Gasteiger partial charge in [0, 0.05) is 13.1 Å². The molecule has 1 fully saturated rings. The molecule has 0 aliphatic carbocycles. The van der Waals surface area contributed by atoms with E-state index < -0.39 is 0 Å². The van der Waals surface area contributed by atoms with Crippen molar-refractivity contribution in [2.24, 2.45) is 11.1 Å². The molecule has 0 aromatic heterocycles. The topological polar surface area (TPSA) is 67.6 Å². The molecule has 0 radical (unpaired) electrons. The standard InChI is InChI=1S/C22H29N3O2.ClH/c1-22(16-23)11-12-25(17-22)14-21(26)24-13-18-7-5-6-8-19(18)15-27-20-9-3-2-4-10-20;/h2-10H,11-17,23H2,1H3,(H,24,26);1H. The maximum atomic E-state index is 12.3. The molecule has 0 spiro atoms. The fourth-order valence-corrected chi connectivity index (χ4v) is 3.43. The Kier molecular flexibility index (Phi) is 8.30. The van der Waals surface area contributed by atoms with Crippen molar-refractivity contribution in [3.8, 4) is 5.75 Å². The third-order valence-corrected chi connectivity index (χ3v) is 5.23. The zero-order chi connectivity index (χ0) is 19.1. The molecule has 28 heavy (non-hydrogen) atoms. The maximum Gasteiger partial charge on any atom is 0.234 e. The molecule has 1 amide bonds. The highest BCUT2D eigenvalue weighted by Gasteiger charge is 2.32. The number of hydrogen-bond acceptors (Lipinski definition) is 4. The van der Waals surface area contributed by atoms with Gasteiger partial charge in [-0.05, 0) is 48.2 Å². The van der Waals surface area contributed by atoms with Crippen LogP contribution in [-0.2, 0) is 17.9 Å². The lowest BCUT2D eigenvalue weighted by molar-refractivity contribution is -0.122. The predicted molar refractivity (Wildman–Crippen MR) is 115 cm³/mol. The average molecular weight is 404 g/mol. The normalized spacial score (nSPS) is 19.1. The third-order valence-electron chi connectivity index (χ3n) is 5.23. The van der Waals surface area contributed by atoms with Gasteiger partial charge in [0.15, 0.2) is 0 Å². The van der Waals surface area contributed by atoms with Gasteiger partial charge in [0.2, 0.25) is 5.91 Å². The molecular formula is C22H30ClN3O2. The number of para-hydroxylation sites is 1. The molecule has 2 aromatic rings. The summed E-state index contributed by atoms with van der Waals surface area (Å²) in [4.78, 5) is 14.5. The largest absolute Gasteiger partial charge is 0.489 e. The van der Waals surface area contributed by atoms with Crippen LogP contribution in [0.5, 0.6) is 5.75 Å². The van der Waals surface area contributed by atoms with Gasteiger partial charge in [-0.15, -0.1) is 12.4 Å². The van der Waals surface area contributed by atoms with E-state index in [4.69, 9.17) is 10.5 Å².